The maximum absolute atomic E-state index is 12.2. The molecular formula is C26H27N5O4. The molecule has 1 aromatic carbocycles. The fourth-order valence-electron chi connectivity index (χ4n) is 4.52. The monoisotopic (exact) mass is 473 g/mol. The topological polar surface area (TPSA) is 113 Å². The van der Waals surface area contributed by atoms with Crippen molar-refractivity contribution in [3.63, 3.8) is 0 Å². The summed E-state index contributed by atoms with van der Waals surface area (Å²) >= 11 is 0. The highest BCUT2D eigenvalue weighted by atomic mass is 16.5. The van der Waals surface area contributed by atoms with Crippen LogP contribution in [0.25, 0.3) is 16.8 Å². The summed E-state index contributed by atoms with van der Waals surface area (Å²) in [5, 5.41) is 10.6. The maximum Gasteiger partial charge on any atom is 0.285 e. The van der Waals surface area contributed by atoms with Gasteiger partial charge < -0.3 is 20.5 Å². The second-order valence-corrected chi connectivity index (χ2v) is 9.00. The normalized spacial score (nSPS) is 20.7. The molecule has 0 aliphatic carbocycles. The smallest absolute Gasteiger partial charge is 0.285 e. The van der Waals surface area contributed by atoms with E-state index in [0.717, 1.165) is 36.3 Å². The van der Waals surface area contributed by atoms with E-state index in [1.165, 1.54) is 4.90 Å². The van der Waals surface area contributed by atoms with Gasteiger partial charge in [-0.05, 0) is 23.8 Å². The SMILES string of the molecule is CN1CCC(O)(C#Cc2cccc(-c3nc(C(N)=O)n4cc(CN5CCOCC5)ccc34)c2)C1=O. The van der Waals surface area contributed by atoms with Gasteiger partial charge in [0, 0.05) is 57.0 Å². The van der Waals surface area contributed by atoms with E-state index in [-0.39, 0.29) is 18.2 Å². The molecule has 0 bridgehead atoms. The van der Waals surface area contributed by atoms with E-state index in [1.807, 2.05) is 36.5 Å². The van der Waals surface area contributed by atoms with Crippen LogP contribution in [0.1, 0.15) is 28.2 Å². The summed E-state index contributed by atoms with van der Waals surface area (Å²) < 4.78 is 7.16. The zero-order valence-electron chi connectivity index (χ0n) is 19.5. The van der Waals surface area contributed by atoms with Crippen molar-refractivity contribution in [3.8, 4) is 23.1 Å². The van der Waals surface area contributed by atoms with E-state index < -0.39 is 11.5 Å². The number of benzene rings is 1. The Hall–Kier alpha value is -3.71. The second-order valence-electron chi connectivity index (χ2n) is 9.00. The number of imidazole rings is 1. The number of aromatic nitrogens is 2. The summed E-state index contributed by atoms with van der Waals surface area (Å²) in [5.41, 5.74) is 7.78. The van der Waals surface area contributed by atoms with Gasteiger partial charge in [0.15, 0.2) is 0 Å². The van der Waals surface area contributed by atoms with Crippen molar-refractivity contribution in [2.45, 2.75) is 18.6 Å². The molecule has 35 heavy (non-hydrogen) atoms. The molecule has 9 nitrogen and oxygen atoms in total. The van der Waals surface area contributed by atoms with Gasteiger partial charge in [0.05, 0.1) is 24.4 Å². The third-order valence-electron chi connectivity index (χ3n) is 6.49. The van der Waals surface area contributed by atoms with Crippen molar-refractivity contribution in [3.05, 3.63) is 59.5 Å². The lowest BCUT2D eigenvalue weighted by molar-refractivity contribution is -0.137. The van der Waals surface area contributed by atoms with Crippen LogP contribution in [0.5, 0.6) is 0 Å². The minimum Gasteiger partial charge on any atom is -0.379 e. The Morgan fingerprint density at radius 2 is 2.03 bits per heavy atom. The van der Waals surface area contributed by atoms with Crippen LogP contribution in [0.4, 0.5) is 0 Å². The van der Waals surface area contributed by atoms with E-state index in [9.17, 15) is 14.7 Å². The highest BCUT2D eigenvalue weighted by molar-refractivity contribution is 5.93. The van der Waals surface area contributed by atoms with Gasteiger partial charge in [-0.25, -0.2) is 4.98 Å². The minimum atomic E-state index is -1.66. The van der Waals surface area contributed by atoms with Crippen molar-refractivity contribution in [2.24, 2.45) is 5.73 Å². The van der Waals surface area contributed by atoms with Gasteiger partial charge >= 0.3 is 0 Å². The second kappa shape index (κ2) is 9.15. The molecule has 2 fully saturated rings. The van der Waals surface area contributed by atoms with E-state index in [4.69, 9.17) is 10.5 Å². The van der Waals surface area contributed by atoms with Gasteiger partial charge in [-0.15, -0.1) is 0 Å². The Morgan fingerprint density at radius 1 is 1.23 bits per heavy atom. The number of amides is 2. The van der Waals surface area contributed by atoms with Crippen LogP contribution in [-0.4, -0.2) is 81.6 Å². The van der Waals surface area contributed by atoms with Crippen molar-refractivity contribution in [1.29, 1.82) is 0 Å². The number of pyridine rings is 1. The van der Waals surface area contributed by atoms with Crippen LogP contribution in [0.15, 0.2) is 42.6 Å². The van der Waals surface area contributed by atoms with Crippen LogP contribution < -0.4 is 5.73 Å². The summed E-state index contributed by atoms with van der Waals surface area (Å²) in [7, 11) is 1.65. The number of nitrogens with two attached hydrogens (primary N) is 1. The lowest BCUT2D eigenvalue weighted by atomic mass is 10.0. The van der Waals surface area contributed by atoms with Crippen molar-refractivity contribution >= 4 is 17.3 Å². The number of carbonyl (C=O) groups excluding carboxylic acids is 2. The molecule has 0 spiro atoms. The van der Waals surface area contributed by atoms with Gasteiger partial charge in [-0.1, -0.05) is 30.0 Å². The molecule has 0 saturated carbocycles. The number of fused-ring (bicyclic) bond motifs is 1. The summed E-state index contributed by atoms with van der Waals surface area (Å²) in [6.07, 6.45) is 2.18. The number of hydrogen-bond donors (Lipinski definition) is 2. The van der Waals surface area contributed by atoms with Crippen molar-refractivity contribution < 1.29 is 19.4 Å². The molecule has 2 amide bonds. The number of likely N-dealkylation sites (tertiary alicyclic amines) is 1. The summed E-state index contributed by atoms with van der Waals surface area (Å²) in [6, 6.07) is 11.3. The Labute approximate surface area is 203 Å². The van der Waals surface area contributed by atoms with Gasteiger partial charge in [0.25, 0.3) is 11.8 Å². The fourth-order valence-corrected chi connectivity index (χ4v) is 4.52. The zero-order valence-corrected chi connectivity index (χ0v) is 19.5. The molecule has 2 aliphatic rings. The Balaban J connectivity index is 1.49. The van der Waals surface area contributed by atoms with Crippen molar-refractivity contribution in [1.82, 2.24) is 19.2 Å². The van der Waals surface area contributed by atoms with Crippen LogP contribution in [0.2, 0.25) is 0 Å². The van der Waals surface area contributed by atoms with E-state index in [2.05, 4.69) is 21.7 Å². The molecule has 180 valence electrons. The van der Waals surface area contributed by atoms with Gasteiger partial charge in [-0.3, -0.25) is 18.9 Å². The number of morpholine rings is 1. The van der Waals surface area contributed by atoms with Crippen LogP contribution >= 0.6 is 0 Å². The lowest BCUT2D eigenvalue weighted by Crippen LogP contribution is -2.37. The molecule has 9 heteroatoms. The van der Waals surface area contributed by atoms with Gasteiger partial charge in [0.2, 0.25) is 11.4 Å². The van der Waals surface area contributed by atoms with Crippen molar-refractivity contribution in [2.75, 3.05) is 39.9 Å². The lowest BCUT2D eigenvalue weighted by Gasteiger charge is -2.26. The number of carbonyl (C=O) groups is 2. The first kappa shape index (κ1) is 23.1. The number of rotatable bonds is 4. The first-order valence-corrected chi connectivity index (χ1v) is 11.6. The largest absolute Gasteiger partial charge is 0.379 e. The van der Waals surface area contributed by atoms with E-state index in [0.29, 0.717) is 31.0 Å². The predicted molar refractivity (Wildman–Crippen MR) is 129 cm³/mol. The summed E-state index contributed by atoms with van der Waals surface area (Å²) in [6.45, 7) is 4.36. The molecule has 4 heterocycles. The average molecular weight is 474 g/mol. The minimum absolute atomic E-state index is 0.157. The number of aliphatic hydroxyl groups is 1. The molecule has 3 aromatic rings. The number of ether oxygens (including phenoxy) is 1. The first-order chi connectivity index (χ1) is 16.8. The first-order valence-electron chi connectivity index (χ1n) is 11.6. The fraction of sp³-hybridized carbons (Fsp3) is 0.346. The average Bonchev–Trinajstić information content (AvgIpc) is 3.37. The molecule has 5 rings (SSSR count). The Morgan fingerprint density at radius 3 is 2.74 bits per heavy atom. The molecule has 2 saturated heterocycles. The number of likely N-dealkylation sites (N-methyl/N-ethyl adjacent to an activating group) is 1. The Kier molecular flexibility index (Phi) is 6.03. The third kappa shape index (κ3) is 4.51. The van der Waals surface area contributed by atoms with E-state index in [1.54, 1.807) is 17.5 Å². The summed E-state index contributed by atoms with van der Waals surface area (Å²) in [5.74, 6) is 4.83. The van der Waals surface area contributed by atoms with Crippen LogP contribution in [0.3, 0.4) is 0 Å². The Bertz CT molecular complexity index is 1370. The standard InChI is InChI=1S/C26H27N5O4/c1-29-10-9-26(34,25(29)33)8-7-18-3-2-4-20(15-18)22-21-6-5-19(16-30-11-13-35-14-12-30)17-31(21)24(28-22)23(27)32/h2-6,15,17,34H,9-14,16H2,1H3,(H2,27,32). The molecule has 1 unspecified atom stereocenters. The predicted octanol–water partition coefficient (Wildman–Crippen LogP) is 0.877. The number of nitrogens with zero attached hydrogens (tertiary/aromatic N) is 4. The molecular weight excluding hydrogens is 446 g/mol. The quantitative estimate of drug-likeness (QED) is 0.544. The molecule has 1 atom stereocenters. The molecule has 3 N–H and O–H groups in total. The molecule has 0 radical (unpaired) electrons. The summed E-state index contributed by atoms with van der Waals surface area (Å²) in [4.78, 5) is 32.7. The maximum atomic E-state index is 12.2. The molecule has 2 aromatic heterocycles. The number of hydrogen-bond acceptors (Lipinski definition) is 6. The van der Waals surface area contributed by atoms with Crippen LogP contribution in [-0.2, 0) is 16.1 Å². The third-order valence-corrected chi connectivity index (χ3v) is 6.49. The number of primary amides is 1. The van der Waals surface area contributed by atoms with E-state index >= 15 is 0 Å². The zero-order chi connectivity index (χ0) is 24.6. The van der Waals surface area contributed by atoms with Gasteiger partial charge in [-0.2, -0.15) is 0 Å². The molecule has 2 aliphatic heterocycles. The van der Waals surface area contributed by atoms with Crippen LogP contribution in [0, 0.1) is 11.8 Å². The van der Waals surface area contributed by atoms with Gasteiger partial charge in [0.1, 0.15) is 0 Å². The highest BCUT2D eigenvalue weighted by Gasteiger charge is 2.42. The highest BCUT2D eigenvalue weighted by Crippen LogP contribution is 2.27.